The summed E-state index contributed by atoms with van der Waals surface area (Å²) in [5.41, 5.74) is 6.58. The zero-order valence-corrected chi connectivity index (χ0v) is 11.3. The molecule has 0 aliphatic carbocycles. The van der Waals surface area contributed by atoms with Crippen molar-refractivity contribution in [2.45, 2.75) is 25.3 Å². The molecule has 1 aromatic carbocycles. The van der Waals surface area contributed by atoms with E-state index >= 15 is 0 Å². The Kier molecular flexibility index (Phi) is 3.57. The highest BCUT2D eigenvalue weighted by Gasteiger charge is 2.50. The van der Waals surface area contributed by atoms with Gasteiger partial charge in [0.05, 0.1) is 0 Å². The largest absolute Gasteiger partial charge is 0.327 e. The number of nitrogens with one attached hydrogen (secondary N) is 1. The van der Waals surface area contributed by atoms with Crippen molar-refractivity contribution in [3.05, 3.63) is 35.4 Å². The molecule has 1 atom stereocenters. The normalized spacial score (nSPS) is 22.8. The van der Waals surface area contributed by atoms with Crippen LogP contribution < -0.4 is 11.1 Å². The third-order valence-electron chi connectivity index (χ3n) is 3.59. The van der Waals surface area contributed by atoms with E-state index in [1.807, 2.05) is 24.3 Å². The summed E-state index contributed by atoms with van der Waals surface area (Å²) in [4.78, 5) is 25.0. The quantitative estimate of drug-likeness (QED) is 0.793. The lowest BCUT2D eigenvalue weighted by Crippen LogP contribution is -2.50. The van der Waals surface area contributed by atoms with E-state index in [4.69, 9.17) is 5.73 Å². The minimum Gasteiger partial charge on any atom is -0.327 e. The van der Waals surface area contributed by atoms with Crippen LogP contribution in [0, 0.1) is 0 Å². The Hall–Kier alpha value is -1.88. The Labute approximate surface area is 112 Å². The van der Waals surface area contributed by atoms with Gasteiger partial charge in [-0.3, -0.25) is 9.69 Å². The molecule has 0 bridgehead atoms. The monoisotopic (exact) mass is 261 g/mol. The highest BCUT2D eigenvalue weighted by atomic mass is 16.2. The molecule has 5 heteroatoms. The van der Waals surface area contributed by atoms with Gasteiger partial charge in [0.1, 0.15) is 0 Å². The fourth-order valence-corrected chi connectivity index (χ4v) is 2.39. The summed E-state index contributed by atoms with van der Waals surface area (Å²) in [5.74, 6) is -0.303. The van der Waals surface area contributed by atoms with Gasteiger partial charge >= 0.3 is 6.03 Å². The SMILES string of the molecule is CCCc1ccc(C2(CN)NC(=O)N(C)C2=O)cc1. The standard InChI is InChI=1S/C14H19N3O2/c1-3-4-10-5-7-11(8-6-10)14(9-15)12(18)17(2)13(19)16-14/h5-8H,3-4,9,15H2,1-2H3,(H,16,19). The van der Waals surface area contributed by atoms with E-state index in [0.29, 0.717) is 0 Å². The zero-order chi connectivity index (χ0) is 14.0. The van der Waals surface area contributed by atoms with Crippen LogP contribution in [0.2, 0.25) is 0 Å². The molecule has 1 fully saturated rings. The number of urea groups is 1. The Balaban J connectivity index is 2.37. The van der Waals surface area contributed by atoms with Crippen LogP contribution in [0.1, 0.15) is 24.5 Å². The van der Waals surface area contributed by atoms with Crippen molar-refractivity contribution in [2.24, 2.45) is 5.73 Å². The molecule has 1 aliphatic heterocycles. The predicted octanol–water partition coefficient (Wildman–Crippen LogP) is 0.975. The van der Waals surface area contributed by atoms with Gasteiger partial charge in [-0.05, 0) is 17.5 Å². The summed E-state index contributed by atoms with van der Waals surface area (Å²) >= 11 is 0. The summed E-state index contributed by atoms with van der Waals surface area (Å²) in [7, 11) is 1.46. The number of imide groups is 1. The topological polar surface area (TPSA) is 75.4 Å². The van der Waals surface area contributed by atoms with E-state index in [-0.39, 0.29) is 12.5 Å². The van der Waals surface area contributed by atoms with Gasteiger partial charge in [0.2, 0.25) is 0 Å². The van der Waals surface area contributed by atoms with Crippen molar-refractivity contribution in [2.75, 3.05) is 13.6 Å². The third kappa shape index (κ3) is 2.10. The molecule has 0 radical (unpaired) electrons. The van der Waals surface area contributed by atoms with Crippen LogP contribution in [-0.2, 0) is 16.8 Å². The van der Waals surface area contributed by atoms with Crippen LogP contribution in [0.4, 0.5) is 4.79 Å². The lowest BCUT2D eigenvalue weighted by molar-refractivity contribution is -0.130. The number of aryl methyl sites for hydroxylation is 1. The molecule has 0 aromatic heterocycles. The molecule has 1 heterocycles. The van der Waals surface area contributed by atoms with Crippen molar-refractivity contribution >= 4 is 11.9 Å². The van der Waals surface area contributed by atoms with Crippen molar-refractivity contribution in [1.82, 2.24) is 10.2 Å². The average Bonchev–Trinajstić information content (AvgIpc) is 2.65. The van der Waals surface area contributed by atoms with E-state index in [0.717, 1.165) is 23.3 Å². The van der Waals surface area contributed by atoms with Crippen molar-refractivity contribution in [3.63, 3.8) is 0 Å². The second-order valence-corrected chi connectivity index (χ2v) is 4.85. The number of nitrogens with zero attached hydrogens (tertiary/aromatic N) is 1. The van der Waals surface area contributed by atoms with E-state index in [1.165, 1.54) is 12.6 Å². The zero-order valence-electron chi connectivity index (χ0n) is 11.3. The number of hydrogen-bond acceptors (Lipinski definition) is 3. The highest BCUT2D eigenvalue weighted by Crippen LogP contribution is 2.27. The van der Waals surface area contributed by atoms with Gasteiger partial charge < -0.3 is 11.1 Å². The first-order chi connectivity index (χ1) is 9.05. The summed E-state index contributed by atoms with van der Waals surface area (Å²) < 4.78 is 0. The summed E-state index contributed by atoms with van der Waals surface area (Å²) in [5, 5.41) is 2.70. The molecule has 1 aliphatic rings. The summed E-state index contributed by atoms with van der Waals surface area (Å²) in [6.07, 6.45) is 2.07. The van der Waals surface area contributed by atoms with Crippen LogP contribution in [-0.4, -0.2) is 30.4 Å². The Bertz CT molecular complexity index is 498. The van der Waals surface area contributed by atoms with E-state index in [9.17, 15) is 9.59 Å². The molecule has 19 heavy (non-hydrogen) atoms. The number of hydrogen-bond donors (Lipinski definition) is 2. The third-order valence-corrected chi connectivity index (χ3v) is 3.59. The van der Waals surface area contributed by atoms with Crippen LogP contribution >= 0.6 is 0 Å². The predicted molar refractivity (Wildman–Crippen MR) is 72.5 cm³/mol. The van der Waals surface area contributed by atoms with E-state index < -0.39 is 11.6 Å². The minimum absolute atomic E-state index is 0.0506. The number of amides is 3. The summed E-state index contributed by atoms with van der Waals surface area (Å²) in [6, 6.07) is 7.29. The molecule has 1 saturated heterocycles. The maximum absolute atomic E-state index is 12.2. The van der Waals surface area contributed by atoms with Gasteiger partial charge in [0, 0.05) is 13.6 Å². The van der Waals surface area contributed by atoms with Crippen LogP contribution in [0.3, 0.4) is 0 Å². The number of carbonyl (C=O) groups excluding carboxylic acids is 2. The van der Waals surface area contributed by atoms with E-state index in [2.05, 4.69) is 12.2 Å². The lowest BCUT2D eigenvalue weighted by Gasteiger charge is -2.25. The smallest absolute Gasteiger partial charge is 0.325 e. The van der Waals surface area contributed by atoms with Crippen molar-refractivity contribution < 1.29 is 9.59 Å². The Morgan fingerprint density at radius 1 is 1.26 bits per heavy atom. The minimum atomic E-state index is -1.11. The molecular weight excluding hydrogens is 242 g/mol. The molecule has 5 nitrogen and oxygen atoms in total. The van der Waals surface area contributed by atoms with Gasteiger partial charge in [-0.1, -0.05) is 37.6 Å². The average molecular weight is 261 g/mol. The van der Waals surface area contributed by atoms with Gasteiger partial charge in [-0.25, -0.2) is 4.79 Å². The maximum atomic E-state index is 12.2. The van der Waals surface area contributed by atoms with Crippen LogP contribution in [0.5, 0.6) is 0 Å². The van der Waals surface area contributed by atoms with Crippen LogP contribution in [0.15, 0.2) is 24.3 Å². The summed E-state index contributed by atoms with van der Waals surface area (Å²) in [6.45, 7) is 2.17. The van der Waals surface area contributed by atoms with Crippen molar-refractivity contribution in [3.8, 4) is 0 Å². The molecule has 1 unspecified atom stereocenters. The molecular formula is C14H19N3O2. The Morgan fingerprint density at radius 2 is 1.89 bits per heavy atom. The first-order valence-electron chi connectivity index (χ1n) is 6.45. The fourth-order valence-electron chi connectivity index (χ4n) is 2.39. The van der Waals surface area contributed by atoms with Crippen molar-refractivity contribution in [1.29, 1.82) is 0 Å². The highest BCUT2D eigenvalue weighted by molar-refractivity contribution is 6.07. The molecule has 3 amide bonds. The van der Waals surface area contributed by atoms with Gasteiger partial charge in [0.25, 0.3) is 5.91 Å². The fraction of sp³-hybridized carbons (Fsp3) is 0.429. The number of rotatable bonds is 4. The number of likely N-dealkylation sites (N-methyl/N-ethyl adjacent to an activating group) is 1. The molecule has 1 aromatic rings. The molecule has 0 saturated carbocycles. The second kappa shape index (κ2) is 5.01. The van der Waals surface area contributed by atoms with E-state index in [1.54, 1.807) is 0 Å². The van der Waals surface area contributed by atoms with Gasteiger partial charge in [0.15, 0.2) is 5.54 Å². The number of carbonyl (C=O) groups is 2. The molecule has 0 spiro atoms. The van der Waals surface area contributed by atoms with Crippen LogP contribution in [0.25, 0.3) is 0 Å². The molecule has 102 valence electrons. The first kappa shape index (κ1) is 13.5. The first-order valence-corrected chi connectivity index (χ1v) is 6.45. The van der Waals surface area contributed by atoms with Gasteiger partial charge in [-0.2, -0.15) is 0 Å². The number of benzene rings is 1. The maximum Gasteiger partial charge on any atom is 0.325 e. The molecule has 2 rings (SSSR count). The van der Waals surface area contributed by atoms with Gasteiger partial charge in [-0.15, -0.1) is 0 Å². The second-order valence-electron chi connectivity index (χ2n) is 4.85. The lowest BCUT2D eigenvalue weighted by atomic mass is 9.89. The number of nitrogens with two attached hydrogens (primary N) is 1. The Morgan fingerprint density at radius 3 is 2.32 bits per heavy atom. The molecule has 3 N–H and O–H groups in total.